The Morgan fingerprint density at radius 3 is 2.52 bits per heavy atom. The van der Waals surface area contributed by atoms with Gasteiger partial charge in [-0.3, -0.25) is 4.99 Å². The summed E-state index contributed by atoms with van der Waals surface area (Å²) in [4.78, 5) is 7.08. The van der Waals surface area contributed by atoms with Crippen LogP contribution in [0.3, 0.4) is 0 Å². The number of hydrogen-bond donors (Lipinski definition) is 2. The van der Waals surface area contributed by atoms with Gasteiger partial charge in [0.05, 0.1) is 4.90 Å². The van der Waals surface area contributed by atoms with Gasteiger partial charge in [0.15, 0.2) is 5.96 Å². The summed E-state index contributed by atoms with van der Waals surface area (Å²) in [5, 5.41) is 3.39. The van der Waals surface area contributed by atoms with Gasteiger partial charge in [-0.05, 0) is 49.4 Å². The van der Waals surface area contributed by atoms with E-state index < -0.39 is 10.0 Å². The van der Waals surface area contributed by atoms with Crippen LogP contribution in [0.25, 0.3) is 0 Å². The van der Waals surface area contributed by atoms with Gasteiger partial charge >= 0.3 is 0 Å². The predicted octanol–water partition coefficient (Wildman–Crippen LogP) is 1.79. The second-order valence-corrected chi connectivity index (χ2v) is 8.85. The SMILES string of the molecule is CN=C(NCc1cccc(S(=O)(=O)NC)c1)N1CC2CCCCC2C1. The van der Waals surface area contributed by atoms with Gasteiger partial charge in [-0.25, -0.2) is 13.1 Å². The molecule has 0 spiro atoms. The molecule has 3 rings (SSSR count). The number of fused-ring (bicyclic) bond motifs is 1. The van der Waals surface area contributed by atoms with Crippen LogP contribution in [0, 0.1) is 11.8 Å². The summed E-state index contributed by atoms with van der Waals surface area (Å²) in [5.74, 6) is 2.52. The number of guanidine groups is 1. The molecule has 2 N–H and O–H groups in total. The molecule has 1 saturated heterocycles. The Morgan fingerprint density at radius 2 is 1.92 bits per heavy atom. The van der Waals surface area contributed by atoms with Crippen LogP contribution in [0.15, 0.2) is 34.2 Å². The van der Waals surface area contributed by atoms with Crippen molar-refractivity contribution >= 4 is 16.0 Å². The fraction of sp³-hybridized carbons (Fsp3) is 0.611. The standard InChI is InChI=1S/C18H28N4O2S/c1-19-18(22-12-15-7-3-4-8-16(15)13-22)21-11-14-6-5-9-17(10-14)25(23,24)20-2/h5-6,9-10,15-16,20H,3-4,7-8,11-13H2,1-2H3,(H,19,21). The zero-order chi connectivity index (χ0) is 17.9. The average Bonchev–Trinajstić information content (AvgIpc) is 3.06. The van der Waals surface area contributed by atoms with E-state index in [2.05, 4.69) is 19.9 Å². The summed E-state index contributed by atoms with van der Waals surface area (Å²) >= 11 is 0. The van der Waals surface area contributed by atoms with Gasteiger partial charge in [0.2, 0.25) is 10.0 Å². The number of nitrogens with one attached hydrogen (secondary N) is 2. The first-order valence-electron chi connectivity index (χ1n) is 9.01. The molecule has 2 aliphatic rings. The van der Waals surface area contributed by atoms with Gasteiger partial charge in [0.1, 0.15) is 0 Å². The van der Waals surface area contributed by atoms with Crippen LogP contribution in [0.1, 0.15) is 31.2 Å². The number of likely N-dealkylation sites (tertiary alicyclic amines) is 1. The van der Waals surface area contributed by atoms with E-state index in [1.54, 1.807) is 18.2 Å². The quantitative estimate of drug-likeness (QED) is 0.631. The Balaban J connectivity index is 1.63. The molecule has 1 aromatic carbocycles. The van der Waals surface area contributed by atoms with E-state index in [-0.39, 0.29) is 4.90 Å². The van der Waals surface area contributed by atoms with Crippen LogP contribution in [-0.4, -0.2) is 46.5 Å². The molecule has 6 nitrogen and oxygen atoms in total. The van der Waals surface area contributed by atoms with Gasteiger partial charge < -0.3 is 10.2 Å². The molecule has 2 fully saturated rings. The molecule has 0 amide bonds. The topological polar surface area (TPSA) is 73.8 Å². The van der Waals surface area contributed by atoms with Crippen molar-refractivity contribution in [3.05, 3.63) is 29.8 Å². The van der Waals surface area contributed by atoms with E-state index in [4.69, 9.17) is 0 Å². The Kier molecular flexibility index (Phi) is 5.64. The van der Waals surface area contributed by atoms with Crippen molar-refractivity contribution in [2.45, 2.75) is 37.1 Å². The molecule has 1 aliphatic carbocycles. The maximum atomic E-state index is 11.9. The highest BCUT2D eigenvalue weighted by atomic mass is 32.2. The van der Waals surface area contributed by atoms with Crippen LogP contribution in [0.2, 0.25) is 0 Å². The van der Waals surface area contributed by atoms with Crippen molar-refractivity contribution in [3.63, 3.8) is 0 Å². The van der Waals surface area contributed by atoms with E-state index in [0.717, 1.165) is 36.4 Å². The van der Waals surface area contributed by atoms with E-state index in [9.17, 15) is 8.42 Å². The fourth-order valence-electron chi connectivity index (χ4n) is 4.03. The van der Waals surface area contributed by atoms with Gasteiger partial charge in [0, 0.05) is 26.7 Å². The molecule has 0 radical (unpaired) electrons. The summed E-state index contributed by atoms with van der Waals surface area (Å²) in [6, 6.07) is 7.01. The molecule has 1 saturated carbocycles. The number of sulfonamides is 1. The minimum absolute atomic E-state index is 0.288. The summed E-state index contributed by atoms with van der Waals surface area (Å²) < 4.78 is 26.2. The van der Waals surface area contributed by atoms with Crippen molar-refractivity contribution in [3.8, 4) is 0 Å². The molecule has 25 heavy (non-hydrogen) atoms. The highest BCUT2D eigenvalue weighted by Gasteiger charge is 2.35. The molecule has 1 aliphatic heterocycles. The summed E-state index contributed by atoms with van der Waals surface area (Å²) in [6.45, 7) is 2.72. The predicted molar refractivity (Wildman–Crippen MR) is 99.9 cm³/mol. The number of hydrogen-bond acceptors (Lipinski definition) is 3. The number of rotatable bonds is 4. The first-order valence-corrected chi connectivity index (χ1v) is 10.5. The monoisotopic (exact) mass is 364 g/mol. The molecule has 2 unspecified atom stereocenters. The Hall–Kier alpha value is -1.60. The van der Waals surface area contributed by atoms with Crippen LogP contribution >= 0.6 is 0 Å². The lowest BCUT2D eigenvalue weighted by Crippen LogP contribution is -2.39. The number of aliphatic imine (C=N–C) groups is 1. The summed E-state index contributed by atoms with van der Waals surface area (Å²) in [6.07, 6.45) is 5.38. The van der Waals surface area contributed by atoms with E-state index in [1.807, 2.05) is 13.1 Å². The lowest BCUT2D eigenvalue weighted by atomic mass is 9.82. The van der Waals surface area contributed by atoms with Crippen LogP contribution in [0.5, 0.6) is 0 Å². The van der Waals surface area contributed by atoms with Crippen molar-refractivity contribution in [1.29, 1.82) is 0 Å². The highest BCUT2D eigenvalue weighted by molar-refractivity contribution is 7.89. The minimum atomic E-state index is -3.41. The summed E-state index contributed by atoms with van der Waals surface area (Å²) in [5.41, 5.74) is 0.925. The largest absolute Gasteiger partial charge is 0.352 e. The van der Waals surface area contributed by atoms with Crippen LogP contribution in [-0.2, 0) is 16.6 Å². The zero-order valence-electron chi connectivity index (χ0n) is 15.0. The van der Waals surface area contributed by atoms with Crippen molar-refractivity contribution in [2.24, 2.45) is 16.8 Å². The first kappa shape index (κ1) is 18.2. The van der Waals surface area contributed by atoms with Gasteiger partial charge in [-0.1, -0.05) is 25.0 Å². The average molecular weight is 365 g/mol. The summed E-state index contributed by atoms with van der Waals surface area (Å²) in [7, 11) is -0.176. The molecule has 7 heteroatoms. The van der Waals surface area contributed by atoms with Crippen LogP contribution in [0.4, 0.5) is 0 Å². The smallest absolute Gasteiger partial charge is 0.240 e. The maximum absolute atomic E-state index is 11.9. The molecule has 2 atom stereocenters. The van der Waals surface area contributed by atoms with E-state index >= 15 is 0 Å². The third-order valence-corrected chi connectivity index (χ3v) is 6.83. The maximum Gasteiger partial charge on any atom is 0.240 e. The Bertz CT molecular complexity index is 718. The van der Waals surface area contributed by atoms with Crippen molar-refractivity contribution in [1.82, 2.24) is 14.9 Å². The lowest BCUT2D eigenvalue weighted by Gasteiger charge is -2.22. The van der Waals surface area contributed by atoms with Crippen LogP contribution < -0.4 is 10.0 Å². The van der Waals surface area contributed by atoms with E-state index in [1.165, 1.54) is 32.7 Å². The van der Waals surface area contributed by atoms with E-state index in [0.29, 0.717) is 6.54 Å². The number of nitrogens with zero attached hydrogens (tertiary/aromatic N) is 2. The Labute approximate surface area is 150 Å². The molecular formula is C18H28N4O2S. The molecule has 1 aromatic rings. The highest BCUT2D eigenvalue weighted by Crippen LogP contribution is 2.35. The van der Waals surface area contributed by atoms with Crippen molar-refractivity contribution in [2.75, 3.05) is 27.2 Å². The molecule has 0 aromatic heterocycles. The second-order valence-electron chi connectivity index (χ2n) is 6.97. The van der Waals surface area contributed by atoms with Gasteiger partial charge in [-0.15, -0.1) is 0 Å². The lowest BCUT2D eigenvalue weighted by molar-refractivity contribution is 0.299. The number of benzene rings is 1. The van der Waals surface area contributed by atoms with Crippen molar-refractivity contribution < 1.29 is 8.42 Å². The fourth-order valence-corrected chi connectivity index (χ4v) is 4.83. The van der Waals surface area contributed by atoms with Gasteiger partial charge in [0.25, 0.3) is 0 Å². The normalized spacial score (nSPS) is 24.2. The molecule has 0 bridgehead atoms. The minimum Gasteiger partial charge on any atom is -0.352 e. The Morgan fingerprint density at radius 1 is 1.24 bits per heavy atom. The molecule has 1 heterocycles. The second kappa shape index (κ2) is 7.74. The third kappa shape index (κ3) is 4.15. The first-order chi connectivity index (χ1) is 12.0. The zero-order valence-corrected chi connectivity index (χ0v) is 15.8. The molecule has 138 valence electrons. The third-order valence-electron chi connectivity index (χ3n) is 5.42. The van der Waals surface area contributed by atoms with Gasteiger partial charge in [-0.2, -0.15) is 0 Å². The molecular weight excluding hydrogens is 336 g/mol.